The third kappa shape index (κ3) is 5.24. The van der Waals surface area contributed by atoms with E-state index in [0.717, 1.165) is 39.5 Å². The first-order valence-corrected chi connectivity index (χ1v) is 24.4. The molecule has 0 aliphatic rings. The van der Waals surface area contributed by atoms with E-state index in [9.17, 15) is 0 Å². The predicted molar refractivity (Wildman–Crippen MR) is 298 cm³/mol. The highest BCUT2D eigenvalue weighted by atomic mass is 15.1. The van der Waals surface area contributed by atoms with Gasteiger partial charge in [-0.25, -0.2) is 0 Å². The Hall–Kier alpha value is -9.58. The SMILES string of the molecule is c1ccc(-n2c3ccccc3c3c4c5ccccc5n(-c5ccc(-n6c7ccccc7c7cc(-n8c9ccccc9c9ccccc98)cc(-n8c9ccccc9c9ccccc98)c76)cc5)c4ccc32)cc1. The van der Waals surface area contributed by atoms with E-state index in [4.69, 9.17) is 0 Å². The van der Waals surface area contributed by atoms with Crippen molar-refractivity contribution in [3.8, 4) is 28.4 Å². The van der Waals surface area contributed by atoms with Gasteiger partial charge in [0.25, 0.3) is 0 Å². The third-order valence-electron chi connectivity index (χ3n) is 15.2. The number of fused-ring (bicyclic) bond motifs is 16. The Morgan fingerprint density at radius 1 is 0.183 bits per heavy atom. The van der Waals surface area contributed by atoms with Gasteiger partial charge in [-0.1, -0.05) is 146 Å². The van der Waals surface area contributed by atoms with Gasteiger partial charge in [-0.2, -0.15) is 0 Å². The lowest BCUT2D eigenvalue weighted by Gasteiger charge is -2.17. The van der Waals surface area contributed by atoms with Crippen LogP contribution in [0.2, 0.25) is 0 Å². The van der Waals surface area contributed by atoms with Gasteiger partial charge >= 0.3 is 0 Å². The molecule has 0 spiro atoms. The summed E-state index contributed by atoms with van der Waals surface area (Å²) in [5.74, 6) is 0. The van der Waals surface area contributed by atoms with Gasteiger partial charge in [-0.3, -0.25) is 0 Å². The molecule has 11 aromatic carbocycles. The van der Waals surface area contributed by atoms with Crippen LogP contribution in [-0.2, 0) is 0 Å². The van der Waals surface area contributed by atoms with Crippen LogP contribution in [0.25, 0.3) is 137 Å². The van der Waals surface area contributed by atoms with Crippen LogP contribution in [0.4, 0.5) is 0 Å². The highest BCUT2D eigenvalue weighted by Gasteiger charge is 2.24. The first kappa shape index (κ1) is 38.4. The predicted octanol–water partition coefficient (Wildman–Crippen LogP) is 17.2. The van der Waals surface area contributed by atoms with Crippen molar-refractivity contribution in [2.24, 2.45) is 0 Å². The molecule has 5 heterocycles. The summed E-state index contributed by atoms with van der Waals surface area (Å²) in [6.45, 7) is 0. The molecule has 0 aliphatic heterocycles. The normalized spacial score (nSPS) is 12.2. The summed E-state index contributed by atoms with van der Waals surface area (Å²) in [6.07, 6.45) is 0. The number of hydrogen-bond acceptors (Lipinski definition) is 0. The van der Waals surface area contributed by atoms with Gasteiger partial charge in [0.1, 0.15) is 0 Å². The smallest absolute Gasteiger partial charge is 0.0784 e. The van der Waals surface area contributed by atoms with Crippen molar-refractivity contribution in [1.29, 1.82) is 0 Å². The Balaban J connectivity index is 0.968. The maximum atomic E-state index is 2.50. The lowest BCUT2D eigenvalue weighted by Crippen LogP contribution is -2.03. The molecule has 0 fully saturated rings. The summed E-state index contributed by atoms with van der Waals surface area (Å²) in [7, 11) is 0. The minimum Gasteiger partial charge on any atom is -0.309 e. The summed E-state index contributed by atoms with van der Waals surface area (Å²) in [5.41, 5.74) is 17.4. The lowest BCUT2D eigenvalue weighted by molar-refractivity contribution is 1.11. The number of nitrogens with zero attached hydrogens (tertiary/aromatic N) is 5. The minimum atomic E-state index is 1.10. The third-order valence-corrected chi connectivity index (χ3v) is 15.2. The number of hydrogen-bond donors (Lipinski definition) is 0. The fourth-order valence-electron chi connectivity index (χ4n) is 12.4. The fourth-order valence-corrected chi connectivity index (χ4v) is 12.4. The molecule has 0 amide bonds. The van der Waals surface area contributed by atoms with Gasteiger partial charge < -0.3 is 22.8 Å². The molecule has 0 aliphatic carbocycles. The Kier molecular flexibility index (Phi) is 7.82. The fraction of sp³-hybridized carbons (Fsp3) is 0. The van der Waals surface area contributed by atoms with Gasteiger partial charge in [0.05, 0.1) is 60.9 Å². The molecule has 0 saturated carbocycles. The molecule has 0 bridgehead atoms. The number of aromatic nitrogens is 5. The second-order valence-electron chi connectivity index (χ2n) is 18.9. The highest BCUT2D eigenvalue weighted by Crippen LogP contribution is 2.45. The van der Waals surface area contributed by atoms with Gasteiger partial charge in [0, 0.05) is 76.6 Å². The first-order chi connectivity index (χ1) is 35.3. The Morgan fingerprint density at radius 2 is 0.493 bits per heavy atom. The summed E-state index contributed by atoms with van der Waals surface area (Å²) >= 11 is 0. The topological polar surface area (TPSA) is 24.6 Å². The van der Waals surface area contributed by atoms with Crippen molar-refractivity contribution in [1.82, 2.24) is 22.8 Å². The van der Waals surface area contributed by atoms with E-state index in [-0.39, 0.29) is 0 Å². The zero-order chi connectivity index (χ0) is 46.3. The first-order valence-electron chi connectivity index (χ1n) is 24.4. The van der Waals surface area contributed by atoms with Crippen LogP contribution in [0.5, 0.6) is 0 Å². The summed E-state index contributed by atoms with van der Waals surface area (Å²) in [4.78, 5) is 0. The molecule has 0 radical (unpaired) electrons. The molecular weight excluding hydrogens is 863 g/mol. The quantitative estimate of drug-likeness (QED) is 0.164. The lowest BCUT2D eigenvalue weighted by atomic mass is 10.1. The molecule has 330 valence electrons. The minimum absolute atomic E-state index is 1.10. The summed E-state index contributed by atoms with van der Waals surface area (Å²) < 4.78 is 12.3. The van der Waals surface area contributed by atoms with Crippen molar-refractivity contribution in [2.75, 3.05) is 0 Å². The van der Waals surface area contributed by atoms with Crippen LogP contribution in [0, 0.1) is 0 Å². The van der Waals surface area contributed by atoms with Crippen LogP contribution in [0.3, 0.4) is 0 Å². The second-order valence-corrected chi connectivity index (χ2v) is 18.9. The molecule has 0 saturated heterocycles. The van der Waals surface area contributed by atoms with E-state index >= 15 is 0 Å². The van der Waals surface area contributed by atoms with E-state index in [2.05, 4.69) is 272 Å². The van der Waals surface area contributed by atoms with E-state index in [1.807, 2.05) is 0 Å². The van der Waals surface area contributed by atoms with Crippen LogP contribution >= 0.6 is 0 Å². The van der Waals surface area contributed by atoms with E-state index in [1.54, 1.807) is 0 Å². The molecular formula is C66H41N5. The van der Waals surface area contributed by atoms with E-state index in [0.29, 0.717) is 0 Å². The van der Waals surface area contributed by atoms with Crippen LogP contribution < -0.4 is 0 Å². The molecule has 16 aromatic rings. The zero-order valence-corrected chi connectivity index (χ0v) is 38.4. The number of rotatable bonds is 5. The molecule has 16 rings (SSSR count). The van der Waals surface area contributed by atoms with Crippen LogP contribution in [0.15, 0.2) is 249 Å². The molecule has 5 nitrogen and oxygen atoms in total. The highest BCUT2D eigenvalue weighted by molar-refractivity contribution is 6.29. The zero-order valence-electron chi connectivity index (χ0n) is 38.4. The van der Waals surface area contributed by atoms with Crippen LogP contribution in [-0.4, -0.2) is 22.8 Å². The van der Waals surface area contributed by atoms with Crippen molar-refractivity contribution >= 4 is 109 Å². The summed E-state index contributed by atoms with van der Waals surface area (Å²) in [5, 5.41) is 12.4. The van der Waals surface area contributed by atoms with Gasteiger partial charge in [-0.05, 0) is 103 Å². The van der Waals surface area contributed by atoms with Crippen LogP contribution in [0.1, 0.15) is 0 Å². The summed E-state index contributed by atoms with van der Waals surface area (Å²) in [6, 6.07) is 91.5. The molecule has 5 heteroatoms. The van der Waals surface area contributed by atoms with Gasteiger partial charge in [0.2, 0.25) is 0 Å². The standard InChI is InChI=1S/C66H41N5/c1-2-18-42(19-3-1)67-59-32-16-9-25-51(59)64-61(67)38-39-62-65(64)52-26-10-17-33-60(52)68(62)43-34-36-44(37-35-43)70-56-29-13-8-24-50(56)53-40-45(69-54-27-11-4-20-46(54)47-21-5-12-28-55(47)69)41-63(66(53)70)71-57-30-14-6-22-48(57)49-23-7-15-31-58(49)71/h1-41H. The molecule has 0 unspecified atom stereocenters. The molecule has 0 N–H and O–H groups in total. The van der Waals surface area contributed by atoms with Gasteiger partial charge in [-0.15, -0.1) is 0 Å². The van der Waals surface area contributed by atoms with E-state index in [1.165, 1.54) is 98.0 Å². The average Bonchev–Trinajstić information content (AvgIpc) is 4.23. The molecule has 0 atom stereocenters. The molecule has 5 aromatic heterocycles. The van der Waals surface area contributed by atoms with Crippen molar-refractivity contribution in [3.05, 3.63) is 249 Å². The monoisotopic (exact) mass is 903 g/mol. The maximum Gasteiger partial charge on any atom is 0.0784 e. The Labute approximate surface area is 407 Å². The van der Waals surface area contributed by atoms with E-state index < -0.39 is 0 Å². The van der Waals surface area contributed by atoms with Gasteiger partial charge in [0.15, 0.2) is 0 Å². The van der Waals surface area contributed by atoms with Crippen molar-refractivity contribution in [2.45, 2.75) is 0 Å². The average molecular weight is 904 g/mol. The maximum absolute atomic E-state index is 2.50. The molecule has 71 heavy (non-hydrogen) atoms. The second kappa shape index (κ2) is 14.5. The Bertz CT molecular complexity index is 4750. The largest absolute Gasteiger partial charge is 0.309 e. The Morgan fingerprint density at radius 3 is 0.944 bits per heavy atom. The number of para-hydroxylation sites is 8. The van der Waals surface area contributed by atoms with Crippen molar-refractivity contribution < 1.29 is 0 Å². The number of benzene rings is 11. The van der Waals surface area contributed by atoms with Crippen molar-refractivity contribution in [3.63, 3.8) is 0 Å².